The summed E-state index contributed by atoms with van der Waals surface area (Å²) < 4.78 is 5.52. The van der Waals surface area contributed by atoms with E-state index in [1.165, 1.54) is 0 Å². The number of para-hydroxylation sites is 1. The molecule has 0 aliphatic rings. The monoisotopic (exact) mass is 276 g/mol. The van der Waals surface area contributed by atoms with Gasteiger partial charge >= 0.3 is 0 Å². The van der Waals surface area contributed by atoms with Crippen molar-refractivity contribution in [3.8, 4) is 11.8 Å². The molecule has 0 saturated carbocycles. The number of rotatable bonds is 8. The molecule has 0 heterocycles. The van der Waals surface area contributed by atoms with E-state index < -0.39 is 6.10 Å². The first-order valence-corrected chi connectivity index (χ1v) is 7.01. The molecule has 1 unspecified atom stereocenters. The Labute approximate surface area is 121 Å². The van der Waals surface area contributed by atoms with Crippen molar-refractivity contribution in [1.82, 2.24) is 4.90 Å². The van der Waals surface area contributed by atoms with Crippen molar-refractivity contribution >= 4 is 0 Å². The maximum Gasteiger partial charge on any atom is 0.137 e. The van der Waals surface area contributed by atoms with Gasteiger partial charge in [0.1, 0.15) is 24.5 Å². The second-order valence-electron chi connectivity index (χ2n) is 5.52. The van der Waals surface area contributed by atoms with E-state index in [2.05, 4.69) is 24.8 Å². The highest BCUT2D eigenvalue weighted by Crippen LogP contribution is 2.16. The van der Waals surface area contributed by atoms with Crippen LogP contribution < -0.4 is 4.74 Å². The predicted octanol–water partition coefficient (Wildman–Crippen LogP) is 2.28. The average molecular weight is 276 g/mol. The summed E-state index contributed by atoms with van der Waals surface area (Å²) in [5.74, 6) is 1.19. The Bertz CT molecular complexity index is 440. The van der Waals surface area contributed by atoms with Crippen molar-refractivity contribution in [2.75, 3.05) is 26.7 Å². The van der Waals surface area contributed by atoms with Crippen LogP contribution in [0.4, 0.5) is 0 Å². The van der Waals surface area contributed by atoms with Gasteiger partial charge in [0.2, 0.25) is 0 Å². The van der Waals surface area contributed by atoms with Crippen molar-refractivity contribution in [2.24, 2.45) is 5.92 Å². The van der Waals surface area contributed by atoms with Crippen molar-refractivity contribution < 1.29 is 9.84 Å². The summed E-state index contributed by atoms with van der Waals surface area (Å²) in [6.45, 7) is 6.11. The quantitative estimate of drug-likeness (QED) is 0.791. The molecule has 4 nitrogen and oxygen atoms in total. The van der Waals surface area contributed by atoms with Gasteiger partial charge in [0.15, 0.2) is 0 Å². The lowest BCUT2D eigenvalue weighted by atomic mass is 10.1. The van der Waals surface area contributed by atoms with Gasteiger partial charge < -0.3 is 14.7 Å². The summed E-state index contributed by atoms with van der Waals surface area (Å²) in [5.41, 5.74) is 0.493. The molecule has 0 spiro atoms. The van der Waals surface area contributed by atoms with Crippen LogP contribution in [0.25, 0.3) is 0 Å². The normalized spacial score (nSPS) is 12.4. The second kappa shape index (κ2) is 8.57. The molecule has 1 aromatic rings. The van der Waals surface area contributed by atoms with E-state index in [1.54, 1.807) is 18.2 Å². The first-order valence-electron chi connectivity index (χ1n) is 7.01. The lowest BCUT2D eigenvalue weighted by Gasteiger charge is -2.21. The number of aliphatic hydroxyl groups is 1. The highest BCUT2D eigenvalue weighted by Gasteiger charge is 2.11. The number of likely N-dealkylation sites (N-methyl/N-ethyl adjacent to an activating group) is 1. The van der Waals surface area contributed by atoms with Gasteiger partial charge in [-0.05, 0) is 38.1 Å². The van der Waals surface area contributed by atoms with E-state index in [-0.39, 0.29) is 6.61 Å². The van der Waals surface area contributed by atoms with Crippen LogP contribution in [0, 0.1) is 17.2 Å². The highest BCUT2D eigenvalue weighted by molar-refractivity contribution is 5.42. The molecule has 0 aromatic heterocycles. The Morgan fingerprint density at radius 2 is 2.05 bits per heavy atom. The average Bonchev–Trinajstić information content (AvgIpc) is 2.43. The summed E-state index contributed by atoms with van der Waals surface area (Å²) in [6.07, 6.45) is 0.556. The Morgan fingerprint density at radius 3 is 2.70 bits per heavy atom. The number of benzene rings is 1. The number of aliphatic hydroxyl groups excluding tert-OH is 1. The van der Waals surface area contributed by atoms with Crippen LogP contribution in [0.5, 0.6) is 5.75 Å². The van der Waals surface area contributed by atoms with E-state index >= 15 is 0 Å². The molecule has 4 heteroatoms. The minimum absolute atomic E-state index is 0.199. The first kappa shape index (κ1) is 16.5. The molecule has 0 saturated heterocycles. The molecule has 1 aromatic carbocycles. The van der Waals surface area contributed by atoms with E-state index in [0.29, 0.717) is 23.8 Å². The molecule has 20 heavy (non-hydrogen) atoms. The summed E-state index contributed by atoms with van der Waals surface area (Å²) in [7, 11) is 1.99. The van der Waals surface area contributed by atoms with Crippen LogP contribution in [0.15, 0.2) is 24.3 Å². The smallest absolute Gasteiger partial charge is 0.137 e. The third-order valence-corrected chi connectivity index (χ3v) is 3.05. The Morgan fingerprint density at radius 1 is 1.35 bits per heavy atom. The van der Waals surface area contributed by atoms with Gasteiger partial charge in [0.25, 0.3) is 0 Å². The standard InChI is InChI=1S/C16H24N2O2/c1-13(2)8-9-18(3)11-15(19)12-20-16-7-5-4-6-14(16)10-17/h4-7,13,15,19H,8-9,11-12H2,1-3H3. The zero-order chi connectivity index (χ0) is 15.0. The Hall–Kier alpha value is -1.57. The van der Waals surface area contributed by atoms with E-state index in [1.807, 2.05) is 13.1 Å². The van der Waals surface area contributed by atoms with E-state index in [0.717, 1.165) is 13.0 Å². The Kier molecular flexibility index (Phi) is 7.06. The van der Waals surface area contributed by atoms with Crippen molar-refractivity contribution in [2.45, 2.75) is 26.4 Å². The van der Waals surface area contributed by atoms with Gasteiger partial charge in [-0.2, -0.15) is 5.26 Å². The molecular formula is C16H24N2O2. The summed E-state index contributed by atoms with van der Waals surface area (Å²) in [5, 5.41) is 18.9. The summed E-state index contributed by atoms with van der Waals surface area (Å²) in [4.78, 5) is 2.10. The predicted molar refractivity (Wildman–Crippen MR) is 79.6 cm³/mol. The maximum atomic E-state index is 9.96. The molecule has 0 fully saturated rings. The number of nitriles is 1. The fourth-order valence-corrected chi connectivity index (χ4v) is 1.85. The molecular weight excluding hydrogens is 252 g/mol. The summed E-state index contributed by atoms with van der Waals surface area (Å²) >= 11 is 0. The zero-order valence-corrected chi connectivity index (χ0v) is 12.5. The van der Waals surface area contributed by atoms with Gasteiger partial charge in [0, 0.05) is 6.54 Å². The number of ether oxygens (including phenoxy) is 1. The zero-order valence-electron chi connectivity index (χ0n) is 12.5. The molecule has 1 atom stereocenters. The first-order chi connectivity index (χ1) is 9.52. The highest BCUT2D eigenvalue weighted by atomic mass is 16.5. The SMILES string of the molecule is CC(C)CCN(C)CC(O)COc1ccccc1C#N. The molecule has 1 N–H and O–H groups in total. The largest absolute Gasteiger partial charge is 0.489 e. The molecule has 0 bridgehead atoms. The van der Waals surface area contributed by atoms with Gasteiger partial charge in [-0.25, -0.2) is 0 Å². The van der Waals surface area contributed by atoms with Crippen LogP contribution >= 0.6 is 0 Å². The molecule has 1 rings (SSSR count). The van der Waals surface area contributed by atoms with E-state index in [4.69, 9.17) is 10.00 Å². The van der Waals surface area contributed by atoms with Gasteiger partial charge in [-0.3, -0.25) is 0 Å². The molecule has 110 valence electrons. The van der Waals surface area contributed by atoms with Gasteiger partial charge in [-0.15, -0.1) is 0 Å². The fraction of sp³-hybridized carbons (Fsp3) is 0.562. The van der Waals surface area contributed by atoms with Crippen LogP contribution in [-0.4, -0.2) is 42.9 Å². The molecule has 0 aliphatic heterocycles. The fourth-order valence-electron chi connectivity index (χ4n) is 1.85. The lowest BCUT2D eigenvalue weighted by molar-refractivity contribution is 0.0750. The van der Waals surface area contributed by atoms with Crippen molar-refractivity contribution in [3.05, 3.63) is 29.8 Å². The minimum atomic E-state index is -0.557. The van der Waals surface area contributed by atoms with Crippen LogP contribution in [0.1, 0.15) is 25.8 Å². The van der Waals surface area contributed by atoms with Crippen molar-refractivity contribution in [3.63, 3.8) is 0 Å². The third-order valence-electron chi connectivity index (χ3n) is 3.05. The van der Waals surface area contributed by atoms with Crippen molar-refractivity contribution in [1.29, 1.82) is 5.26 Å². The topological polar surface area (TPSA) is 56.5 Å². The lowest BCUT2D eigenvalue weighted by Crippen LogP contribution is -2.34. The Balaban J connectivity index is 2.36. The van der Waals surface area contributed by atoms with Gasteiger partial charge in [0.05, 0.1) is 5.56 Å². The number of nitrogens with zero attached hydrogens (tertiary/aromatic N) is 2. The molecule has 0 amide bonds. The number of hydrogen-bond donors (Lipinski definition) is 1. The number of hydrogen-bond acceptors (Lipinski definition) is 4. The molecule has 0 aliphatic carbocycles. The van der Waals surface area contributed by atoms with Crippen LogP contribution in [-0.2, 0) is 0 Å². The third kappa shape index (κ3) is 6.05. The second-order valence-corrected chi connectivity index (χ2v) is 5.52. The maximum absolute atomic E-state index is 9.96. The minimum Gasteiger partial charge on any atom is -0.489 e. The van der Waals surface area contributed by atoms with Gasteiger partial charge in [-0.1, -0.05) is 26.0 Å². The van der Waals surface area contributed by atoms with Crippen LogP contribution in [0.2, 0.25) is 0 Å². The van der Waals surface area contributed by atoms with Crippen LogP contribution in [0.3, 0.4) is 0 Å². The summed E-state index contributed by atoms with van der Waals surface area (Å²) in [6, 6.07) is 9.13. The van der Waals surface area contributed by atoms with E-state index in [9.17, 15) is 5.11 Å². The molecule has 0 radical (unpaired) electrons.